The molecule has 1 aliphatic carbocycles. The Labute approximate surface area is 108 Å². The summed E-state index contributed by atoms with van der Waals surface area (Å²) in [4.78, 5) is 14.4. The number of benzene rings is 1. The summed E-state index contributed by atoms with van der Waals surface area (Å²) in [6, 6.07) is 6.08. The van der Waals surface area contributed by atoms with Gasteiger partial charge in [-0.1, -0.05) is 37.6 Å². The number of rotatable bonds is 3. The van der Waals surface area contributed by atoms with Gasteiger partial charge in [-0.15, -0.1) is 0 Å². The van der Waals surface area contributed by atoms with Gasteiger partial charge < -0.3 is 4.90 Å². The van der Waals surface area contributed by atoms with Crippen LogP contribution in [0.15, 0.2) is 24.8 Å². The van der Waals surface area contributed by atoms with Crippen molar-refractivity contribution in [1.82, 2.24) is 4.90 Å². The average Bonchev–Trinajstić information content (AvgIpc) is 2.99. The van der Waals surface area contributed by atoms with Crippen LogP contribution in [0, 0.1) is 5.92 Å². The first-order valence-electron chi connectivity index (χ1n) is 6.82. The molecule has 1 heterocycles. The second-order valence-corrected chi connectivity index (χ2v) is 5.46. The van der Waals surface area contributed by atoms with E-state index in [1.165, 1.54) is 31.2 Å². The minimum absolute atomic E-state index is 0.209. The van der Waals surface area contributed by atoms with E-state index in [0.717, 1.165) is 30.1 Å². The lowest BCUT2D eigenvalue weighted by Crippen LogP contribution is -2.28. The van der Waals surface area contributed by atoms with E-state index in [9.17, 15) is 4.79 Å². The summed E-state index contributed by atoms with van der Waals surface area (Å²) in [6.45, 7) is 5.49. The molecule has 0 saturated heterocycles. The summed E-state index contributed by atoms with van der Waals surface area (Å²) < 4.78 is 0. The van der Waals surface area contributed by atoms with Crippen molar-refractivity contribution < 1.29 is 4.79 Å². The number of carbonyl (C=O) groups excluding carboxylic acids is 1. The summed E-state index contributed by atoms with van der Waals surface area (Å²) in [7, 11) is 0. The molecule has 3 rings (SSSR count). The fourth-order valence-corrected chi connectivity index (χ4v) is 3.16. The fraction of sp³-hybridized carbons (Fsp3) is 0.438. The number of fused-ring (bicyclic) bond motifs is 1. The lowest BCUT2D eigenvalue weighted by atomic mass is 10.1. The second-order valence-electron chi connectivity index (χ2n) is 5.46. The monoisotopic (exact) mass is 241 g/mol. The molecule has 1 aromatic carbocycles. The molecule has 18 heavy (non-hydrogen) atoms. The van der Waals surface area contributed by atoms with Crippen molar-refractivity contribution in [3.8, 4) is 0 Å². The van der Waals surface area contributed by atoms with Gasteiger partial charge in [0.05, 0.1) is 0 Å². The van der Waals surface area contributed by atoms with E-state index in [0.29, 0.717) is 0 Å². The maximum atomic E-state index is 12.3. The molecule has 1 aliphatic heterocycles. The highest BCUT2D eigenvalue weighted by Gasteiger charge is 2.29. The second kappa shape index (κ2) is 4.60. The molecule has 0 N–H and O–H groups in total. The van der Waals surface area contributed by atoms with Crippen LogP contribution in [0.4, 0.5) is 0 Å². The highest BCUT2D eigenvalue weighted by Crippen LogP contribution is 2.30. The molecule has 0 atom stereocenters. The van der Waals surface area contributed by atoms with Crippen LogP contribution in [0.3, 0.4) is 0 Å². The van der Waals surface area contributed by atoms with E-state index >= 15 is 0 Å². The summed E-state index contributed by atoms with van der Waals surface area (Å²) >= 11 is 0. The molecule has 0 spiro atoms. The van der Waals surface area contributed by atoms with Gasteiger partial charge in [-0.2, -0.15) is 0 Å². The van der Waals surface area contributed by atoms with Gasteiger partial charge in [-0.05, 0) is 36.0 Å². The first kappa shape index (κ1) is 11.5. The quantitative estimate of drug-likeness (QED) is 0.793. The lowest BCUT2D eigenvalue weighted by molar-refractivity contribution is 0.0753. The molecule has 0 bridgehead atoms. The summed E-state index contributed by atoms with van der Waals surface area (Å²) in [5.74, 6) is 0.933. The van der Waals surface area contributed by atoms with Gasteiger partial charge in [-0.3, -0.25) is 4.79 Å². The Morgan fingerprint density at radius 3 is 2.83 bits per heavy atom. The van der Waals surface area contributed by atoms with Gasteiger partial charge in [0.25, 0.3) is 5.91 Å². The first-order chi connectivity index (χ1) is 8.78. The van der Waals surface area contributed by atoms with Crippen LogP contribution < -0.4 is 0 Å². The van der Waals surface area contributed by atoms with Crippen LogP contribution in [0.2, 0.25) is 0 Å². The zero-order valence-corrected chi connectivity index (χ0v) is 10.7. The van der Waals surface area contributed by atoms with Gasteiger partial charge in [0.15, 0.2) is 0 Å². The van der Waals surface area contributed by atoms with Crippen molar-refractivity contribution in [1.29, 1.82) is 0 Å². The number of amides is 1. The fourth-order valence-electron chi connectivity index (χ4n) is 3.16. The third kappa shape index (κ3) is 1.96. The molecule has 0 radical (unpaired) electrons. The molecule has 2 aliphatic rings. The van der Waals surface area contributed by atoms with Crippen LogP contribution in [0.25, 0.3) is 6.08 Å². The molecule has 1 saturated carbocycles. The summed E-state index contributed by atoms with van der Waals surface area (Å²) in [6.07, 6.45) is 7.05. The van der Waals surface area contributed by atoms with Crippen LogP contribution >= 0.6 is 0 Å². The highest BCUT2D eigenvalue weighted by molar-refractivity contribution is 5.98. The van der Waals surface area contributed by atoms with Gasteiger partial charge in [0.2, 0.25) is 0 Å². The van der Waals surface area contributed by atoms with Crippen molar-refractivity contribution in [2.75, 3.05) is 6.54 Å². The lowest BCUT2D eigenvalue weighted by Gasteiger charge is -2.19. The Kier molecular flexibility index (Phi) is 2.94. The Morgan fingerprint density at radius 2 is 2.11 bits per heavy atom. The molecule has 1 fully saturated rings. The molecular formula is C16H19NO. The largest absolute Gasteiger partial charge is 0.334 e. The molecule has 94 valence electrons. The van der Waals surface area contributed by atoms with Crippen LogP contribution in [0.5, 0.6) is 0 Å². The highest BCUT2D eigenvalue weighted by atomic mass is 16.2. The summed E-state index contributed by atoms with van der Waals surface area (Å²) in [5, 5.41) is 0. The predicted molar refractivity (Wildman–Crippen MR) is 73.2 cm³/mol. The molecule has 2 nitrogen and oxygen atoms in total. The molecule has 1 amide bonds. The molecular weight excluding hydrogens is 222 g/mol. The Balaban J connectivity index is 1.78. The van der Waals surface area contributed by atoms with E-state index in [-0.39, 0.29) is 5.91 Å². The topological polar surface area (TPSA) is 20.3 Å². The Hall–Kier alpha value is -1.57. The third-order valence-electron chi connectivity index (χ3n) is 4.20. The molecule has 2 heteroatoms. The van der Waals surface area contributed by atoms with Crippen molar-refractivity contribution >= 4 is 12.0 Å². The van der Waals surface area contributed by atoms with Crippen LogP contribution in [-0.4, -0.2) is 17.4 Å². The standard InChI is InChI=1S/C16H19NO/c1-2-12-7-8-14-11-17(16(18)15(14)9-12)10-13-5-3-4-6-13/h2,7-9,13H,1,3-6,10-11H2. The van der Waals surface area contributed by atoms with Gasteiger partial charge in [-0.25, -0.2) is 0 Å². The van der Waals surface area contributed by atoms with Crippen LogP contribution in [0.1, 0.15) is 47.2 Å². The average molecular weight is 241 g/mol. The van der Waals surface area contributed by atoms with E-state index in [2.05, 4.69) is 12.6 Å². The zero-order valence-electron chi connectivity index (χ0n) is 10.7. The molecule has 0 aromatic heterocycles. The van der Waals surface area contributed by atoms with Crippen LogP contribution in [-0.2, 0) is 6.54 Å². The van der Waals surface area contributed by atoms with E-state index in [1.54, 1.807) is 6.08 Å². The maximum Gasteiger partial charge on any atom is 0.254 e. The molecule has 0 unspecified atom stereocenters. The number of hydrogen-bond donors (Lipinski definition) is 0. The van der Waals surface area contributed by atoms with E-state index in [1.807, 2.05) is 17.0 Å². The summed E-state index contributed by atoms with van der Waals surface area (Å²) in [5.41, 5.74) is 3.08. The minimum Gasteiger partial charge on any atom is -0.334 e. The Morgan fingerprint density at radius 1 is 1.33 bits per heavy atom. The number of nitrogens with zero attached hydrogens (tertiary/aromatic N) is 1. The normalized spacial score (nSPS) is 19.3. The number of hydrogen-bond acceptors (Lipinski definition) is 1. The van der Waals surface area contributed by atoms with Crippen molar-refractivity contribution in [2.45, 2.75) is 32.2 Å². The van der Waals surface area contributed by atoms with E-state index < -0.39 is 0 Å². The van der Waals surface area contributed by atoms with Crippen molar-refractivity contribution in [2.24, 2.45) is 5.92 Å². The van der Waals surface area contributed by atoms with Crippen molar-refractivity contribution in [3.05, 3.63) is 41.5 Å². The molecule has 1 aromatic rings. The zero-order chi connectivity index (χ0) is 12.5. The smallest absolute Gasteiger partial charge is 0.254 e. The van der Waals surface area contributed by atoms with Gasteiger partial charge >= 0.3 is 0 Å². The maximum absolute atomic E-state index is 12.3. The third-order valence-corrected chi connectivity index (χ3v) is 4.20. The van der Waals surface area contributed by atoms with Gasteiger partial charge in [0.1, 0.15) is 0 Å². The first-order valence-corrected chi connectivity index (χ1v) is 6.82. The van der Waals surface area contributed by atoms with Crippen molar-refractivity contribution in [3.63, 3.8) is 0 Å². The Bertz CT molecular complexity index is 486. The SMILES string of the molecule is C=Cc1ccc2c(c1)C(=O)N(CC1CCCC1)C2. The van der Waals surface area contributed by atoms with E-state index in [4.69, 9.17) is 0 Å². The number of carbonyl (C=O) groups is 1. The van der Waals surface area contributed by atoms with Gasteiger partial charge in [0, 0.05) is 18.7 Å². The minimum atomic E-state index is 0.209. The predicted octanol–water partition coefficient (Wildman–Crippen LogP) is 3.48.